The fourth-order valence-corrected chi connectivity index (χ4v) is 3.69. The molecule has 0 aliphatic carbocycles. The summed E-state index contributed by atoms with van der Waals surface area (Å²) in [6, 6.07) is 8.65. The van der Waals surface area contributed by atoms with Crippen molar-refractivity contribution >= 4 is 5.78 Å². The molecule has 6 nitrogen and oxygen atoms in total. The van der Waals surface area contributed by atoms with Crippen molar-refractivity contribution in [1.29, 1.82) is 5.26 Å². The van der Waals surface area contributed by atoms with Gasteiger partial charge in [-0.05, 0) is 49.6 Å². The molecule has 1 N–H and O–H groups in total. The van der Waals surface area contributed by atoms with Crippen molar-refractivity contribution in [2.24, 2.45) is 0 Å². The first-order valence-corrected chi connectivity index (χ1v) is 11.6. The van der Waals surface area contributed by atoms with E-state index in [2.05, 4.69) is 6.92 Å². The summed E-state index contributed by atoms with van der Waals surface area (Å²) in [6.07, 6.45) is 8.29. The molecule has 0 aliphatic rings. The van der Waals surface area contributed by atoms with Gasteiger partial charge >= 0.3 is 0 Å². The second kappa shape index (κ2) is 12.7. The summed E-state index contributed by atoms with van der Waals surface area (Å²) in [5, 5.41) is 20.2. The highest BCUT2D eigenvalue weighted by molar-refractivity contribution is 6.11. The number of aromatic nitrogens is 1. The lowest BCUT2D eigenvalue weighted by atomic mass is 9.97. The molecule has 1 heterocycles. The number of aromatic hydroxyl groups is 1. The first-order chi connectivity index (χ1) is 15.5. The number of ketones is 1. The summed E-state index contributed by atoms with van der Waals surface area (Å²) in [6.45, 7) is 6.64. The number of pyridine rings is 1. The molecule has 0 atom stereocenters. The average Bonchev–Trinajstić information content (AvgIpc) is 2.79. The minimum Gasteiger partial charge on any atom is -0.494 e. The largest absolute Gasteiger partial charge is 0.494 e. The van der Waals surface area contributed by atoms with Crippen molar-refractivity contribution in [2.75, 3.05) is 6.61 Å². The predicted molar refractivity (Wildman–Crippen MR) is 125 cm³/mol. The van der Waals surface area contributed by atoms with Crippen molar-refractivity contribution in [3.63, 3.8) is 0 Å². The Morgan fingerprint density at radius 2 is 1.66 bits per heavy atom. The lowest BCUT2D eigenvalue weighted by molar-refractivity contribution is 0.103. The van der Waals surface area contributed by atoms with Crippen molar-refractivity contribution in [3.8, 4) is 17.7 Å². The molecular formula is C26H34N2O4. The van der Waals surface area contributed by atoms with Gasteiger partial charge in [-0.1, -0.05) is 52.4 Å². The molecule has 0 aliphatic heterocycles. The molecule has 6 heteroatoms. The Morgan fingerprint density at radius 1 is 1.03 bits per heavy atom. The van der Waals surface area contributed by atoms with Gasteiger partial charge in [-0.2, -0.15) is 5.26 Å². The summed E-state index contributed by atoms with van der Waals surface area (Å²) >= 11 is 0. The topological polar surface area (TPSA) is 92.3 Å². The standard InChI is InChI=1S/C26H34N2O4/c1-4-6-8-9-11-17-32-21-14-12-20(13-15-21)24(29)23-19(3)22(18-27)25(30)28(26(23)31)16-10-7-5-2/h12-15,31H,4-11,16-17H2,1-3H3. The lowest BCUT2D eigenvalue weighted by Gasteiger charge is -2.15. The second-order valence-corrected chi connectivity index (χ2v) is 8.09. The number of unbranched alkanes of at least 4 members (excludes halogenated alkanes) is 6. The van der Waals surface area contributed by atoms with E-state index in [1.165, 1.54) is 26.2 Å². The zero-order chi connectivity index (χ0) is 23.5. The van der Waals surface area contributed by atoms with E-state index in [9.17, 15) is 20.0 Å². The molecule has 0 radical (unpaired) electrons. The highest BCUT2D eigenvalue weighted by Gasteiger charge is 2.24. The van der Waals surface area contributed by atoms with E-state index in [4.69, 9.17) is 4.74 Å². The molecule has 1 aromatic heterocycles. The number of ether oxygens (including phenoxy) is 1. The van der Waals surface area contributed by atoms with Crippen molar-refractivity contribution in [2.45, 2.75) is 78.7 Å². The molecule has 0 bridgehead atoms. The van der Waals surface area contributed by atoms with Gasteiger partial charge in [-0.3, -0.25) is 14.2 Å². The number of hydrogen-bond acceptors (Lipinski definition) is 5. The molecule has 0 amide bonds. The van der Waals surface area contributed by atoms with Gasteiger partial charge in [0, 0.05) is 12.1 Å². The molecule has 0 fully saturated rings. The first-order valence-electron chi connectivity index (χ1n) is 11.6. The molecule has 1 aromatic carbocycles. The fraction of sp³-hybridized carbons (Fsp3) is 0.500. The molecule has 0 saturated carbocycles. The van der Waals surface area contributed by atoms with Gasteiger partial charge in [-0.25, -0.2) is 0 Å². The number of carbonyl (C=O) groups excluding carboxylic acids is 1. The maximum atomic E-state index is 13.2. The highest BCUT2D eigenvalue weighted by atomic mass is 16.5. The Balaban J connectivity index is 2.22. The van der Waals surface area contributed by atoms with E-state index in [0.29, 0.717) is 24.3 Å². The van der Waals surface area contributed by atoms with Crippen LogP contribution in [0.4, 0.5) is 0 Å². The number of rotatable bonds is 13. The summed E-state index contributed by atoms with van der Waals surface area (Å²) in [4.78, 5) is 25.8. The molecule has 172 valence electrons. The quantitative estimate of drug-likeness (QED) is 0.329. The van der Waals surface area contributed by atoms with Crippen LogP contribution in [0.3, 0.4) is 0 Å². The SMILES string of the molecule is CCCCCCCOc1ccc(C(=O)c2c(C)c(C#N)c(=O)n(CCCCC)c2O)cc1. The monoisotopic (exact) mass is 438 g/mol. The average molecular weight is 439 g/mol. The van der Waals surface area contributed by atoms with Crippen LogP contribution in [0.5, 0.6) is 11.6 Å². The van der Waals surface area contributed by atoms with Gasteiger partial charge in [0.05, 0.1) is 12.2 Å². The van der Waals surface area contributed by atoms with Crippen molar-refractivity contribution in [3.05, 3.63) is 56.9 Å². The van der Waals surface area contributed by atoms with Crippen LogP contribution in [0.2, 0.25) is 0 Å². The van der Waals surface area contributed by atoms with Gasteiger partial charge in [0.1, 0.15) is 17.4 Å². The van der Waals surface area contributed by atoms with Crippen molar-refractivity contribution < 1.29 is 14.6 Å². The summed E-state index contributed by atoms with van der Waals surface area (Å²) < 4.78 is 6.89. The normalized spacial score (nSPS) is 10.7. The molecule has 2 aromatic rings. The smallest absolute Gasteiger partial charge is 0.271 e. The van der Waals surface area contributed by atoms with Crippen LogP contribution >= 0.6 is 0 Å². The Hall–Kier alpha value is -3.07. The number of carbonyl (C=O) groups is 1. The Bertz CT molecular complexity index is 1000. The lowest BCUT2D eigenvalue weighted by Crippen LogP contribution is -2.27. The van der Waals surface area contributed by atoms with E-state index in [1.54, 1.807) is 24.3 Å². The molecule has 0 spiro atoms. The molecule has 0 unspecified atom stereocenters. The van der Waals surface area contributed by atoms with Gasteiger partial charge in [0.15, 0.2) is 5.78 Å². The predicted octanol–water partition coefficient (Wildman–Crippen LogP) is 5.50. The van der Waals surface area contributed by atoms with E-state index in [1.807, 2.05) is 13.0 Å². The maximum absolute atomic E-state index is 13.2. The molecule has 32 heavy (non-hydrogen) atoms. The van der Waals surface area contributed by atoms with E-state index in [0.717, 1.165) is 30.3 Å². The zero-order valence-corrected chi connectivity index (χ0v) is 19.4. The third-order valence-electron chi connectivity index (χ3n) is 5.65. The number of benzene rings is 1. The third-order valence-corrected chi connectivity index (χ3v) is 5.65. The minimum absolute atomic E-state index is 0.00207. The summed E-state index contributed by atoms with van der Waals surface area (Å²) in [5.74, 6) is -0.118. The molecule has 2 rings (SSSR count). The van der Waals surface area contributed by atoms with E-state index in [-0.39, 0.29) is 29.1 Å². The van der Waals surface area contributed by atoms with Crippen LogP contribution in [0, 0.1) is 18.3 Å². The Kier molecular flexibility index (Phi) is 10.0. The number of nitrogens with zero attached hydrogens (tertiary/aromatic N) is 2. The summed E-state index contributed by atoms with van der Waals surface area (Å²) in [7, 11) is 0. The Labute approximate surface area is 190 Å². The minimum atomic E-state index is -0.558. The third kappa shape index (κ3) is 6.23. The van der Waals surface area contributed by atoms with Crippen LogP contribution < -0.4 is 10.3 Å². The highest BCUT2D eigenvalue weighted by Crippen LogP contribution is 2.26. The number of hydrogen-bond donors (Lipinski definition) is 1. The van der Waals surface area contributed by atoms with Gasteiger partial charge in [0.2, 0.25) is 5.88 Å². The van der Waals surface area contributed by atoms with Gasteiger partial charge in [0.25, 0.3) is 5.56 Å². The van der Waals surface area contributed by atoms with Gasteiger partial charge in [-0.15, -0.1) is 0 Å². The van der Waals surface area contributed by atoms with Crippen molar-refractivity contribution in [1.82, 2.24) is 4.57 Å². The van der Waals surface area contributed by atoms with Crippen LogP contribution in [0.25, 0.3) is 0 Å². The molecular weight excluding hydrogens is 404 g/mol. The molecule has 0 saturated heterocycles. The summed E-state index contributed by atoms with van der Waals surface area (Å²) in [5.41, 5.74) is -0.0914. The van der Waals surface area contributed by atoms with Crippen LogP contribution in [0.15, 0.2) is 29.1 Å². The fourth-order valence-electron chi connectivity index (χ4n) is 3.69. The van der Waals surface area contributed by atoms with E-state index >= 15 is 0 Å². The zero-order valence-electron chi connectivity index (χ0n) is 19.4. The van der Waals surface area contributed by atoms with Crippen LogP contribution in [0.1, 0.15) is 92.3 Å². The van der Waals surface area contributed by atoms with Crippen LogP contribution in [-0.4, -0.2) is 22.1 Å². The number of nitriles is 1. The van der Waals surface area contributed by atoms with E-state index < -0.39 is 11.3 Å². The Morgan fingerprint density at radius 3 is 2.28 bits per heavy atom. The second-order valence-electron chi connectivity index (χ2n) is 8.09. The maximum Gasteiger partial charge on any atom is 0.271 e. The van der Waals surface area contributed by atoms with Gasteiger partial charge < -0.3 is 9.84 Å². The van der Waals surface area contributed by atoms with Crippen LogP contribution in [-0.2, 0) is 6.54 Å². The first kappa shape index (κ1) is 25.2.